The Kier molecular flexibility index (Phi) is 4.46. The summed E-state index contributed by atoms with van der Waals surface area (Å²) in [6.07, 6.45) is 12.5. The highest BCUT2D eigenvalue weighted by atomic mass is 14.9. The molecule has 0 aromatic carbocycles. The number of nitrogens with zero attached hydrogens (tertiary/aromatic N) is 2. The standard InChI is InChI=1S/C18H22N2/c1-15(2)13-19-9-5-17(6-10-19)18-7-11-20(12-8-18)14-16(3)4/h5-14H,1-4H3/q+2. The molecule has 2 heteroatoms. The minimum Gasteiger partial charge on any atom is -0.174 e. The zero-order valence-corrected chi connectivity index (χ0v) is 12.7. The third-order valence-corrected chi connectivity index (χ3v) is 2.85. The van der Waals surface area contributed by atoms with E-state index in [4.69, 9.17) is 0 Å². The van der Waals surface area contributed by atoms with Gasteiger partial charge in [-0.1, -0.05) is 0 Å². The molecule has 102 valence electrons. The van der Waals surface area contributed by atoms with E-state index in [0.29, 0.717) is 0 Å². The van der Waals surface area contributed by atoms with Gasteiger partial charge >= 0.3 is 0 Å². The van der Waals surface area contributed by atoms with E-state index in [1.54, 1.807) is 0 Å². The second kappa shape index (κ2) is 6.29. The van der Waals surface area contributed by atoms with Crippen LogP contribution in [0.5, 0.6) is 0 Å². The fourth-order valence-corrected chi connectivity index (χ4v) is 2.03. The molecule has 20 heavy (non-hydrogen) atoms. The lowest BCUT2D eigenvalue weighted by Crippen LogP contribution is -2.25. The fraction of sp³-hybridized carbons (Fsp3) is 0.222. The first-order chi connectivity index (χ1) is 9.54. The van der Waals surface area contributed by atoms with Gasteiger partial charge in [0.05, 0.1) is 0 Å². The van der Waals surface area contributed by atoms with Crippen LogP contribution in [0.1, 0.15) is 27.7 Å². The molecule has 0 aliphatic heterocycles. The molecule has 0 fully saturated rings. The minimum atomic E-state index is 1.23. The molecule has 0 aliphatic carbocycles. The van der Waals surface area contributed by atoms with Gasteiger partial charge in [0.1, 0.15) is 0 Å². The van der Waals surface area contributed by atoms with Gasteiger partial charge in [0.25, 0.3) is 0 Å². The van der Waals surface area contributed by atoms with E-state index < -0.39 is 0 Å². The summed E-state index contributed by atoms with van der Waals surface area (Å²) in [5.41, 5.74) is 5.02. The van der Waals surface area contributed by atoms with Crippen LogP contribution in [0.3, 0.4) is 0 Å². The molecular weight excluding hydrogens is 244 g/mol. The van der Waals surface area contributed by atoms with Crippen LogP contribution in [0.25, 0.3) is 23.5 Å². The van der Waals surface area contributed by atoms with Gasteiger partial charge in [0, 0.05) is 24.3 Å². The van der Waals surface area contributed by atoms with Gasteiger partial charge in [0.15, 0.2) is 37.2 Å². The average molecular weight is 266 g/mol. The molecule has 0 atom stereocenters. The molecule has 2 aromatic heterocycles. The van der Waals surface area contributed by atoms with Gasteiger partial charge < -0.3 is 0 Å². The van der Waals surface area contributed by atoms with Crippen molar-refractivity contribution in [3.05, 3.63) is 60.2 Å². The molecule has 2 rings (SSSR count). The normalized spacial score (nSPS) is 10.0. The van der Waals surface area contributed by atoms with Crippen molar-refractivity contribution >= 4 is 12.4 Å². The van der Waals surface area contributed by atoms with Crippen LogP contribution >= 0.6 is 0 Å². The Labute approximate surface area is 121 Å². The first-order valence-electron chi connectivity index (χ1n) is 6.86. The molecule has 2 nitrogen and oxygen atoms in total. The van der Waals surface area contributed by atoms with Crippen molar-refractivity contribution in [2.24, 2.45) is 0 Å². The molecule has 0 bridgehead atoms. The summed E-state index contributed by atoms with van der Waals surface area (Å²) >= 11 is 0. The van der Waals surface area contributed by atoms with Gasteiger partial charge in [-0.15, -0.1) is 0 Å². The van der Waals surface area contributed by atoms with Gasteiger partial charge in [-0.2, -0.15) is 9.13 Å². The lowest BCUT2D eigenvalue weighted by molar-refractivity contribution is -0.569. The van der Waals surface area contributed by atoms with Crippen molar-refractivity contribution in [1.29, 1.82) is 0 Å². The Hall–Kier alpha value is -2.22. The van der Waals surface area contributed by atoms with E-state index in [1.165, 1.54) is 22.3 Å². The van der Waals surface area contributed by atoms with Crippen LogP contribution in [0.2, 0.25) is 0 Å². The van der Waals surface area contributed by atoms with E-state index in [9.17, 15) is 0 Å². The van der Waals surface area contributed by atoms with E-state index in [2.05, 4.69) is 98.3 Å². The van der Waals surface area contributed by atoms with Crippen molar-refractivity contribution in [3.8, 4) is 11.1 Å². The summed E-state index contributed by atoms with van der Waals surface area (Å²) in [4.78, 5) is 0. The van der Waals surface area contributed by atoms with Crippen molar-refractivity contribution in [3.63, 3.8) is 0 Å². The summed E-state index contributed by atoms with van der Waals surface area (Å²) in [6.45, 7) is 8.39. The maximum Gasteiger partial charge on any atom is 0.175 e. The lowest BCUT2D eigenvalue weighted by atomic mass is 10.1. The van der Waals surface area contributed by atoms with Crippen molar-refractivity contribution < 1.29 is 9.13 Å². The second-order valence-electron chi connectivity index (χ2n) is 5.48. The number of pyridine rings is 2. The van der Waals surface area contributed by atoms with Crippen LogP contribution in [0.15, 0.2) is 60.2 Å². The highest BCUT2D eigenvalue weighted by Gasteiger charge is 2.03. The predicted octanol–water partition coefficient (Wildman–Crippen LogP) is 3.69. The van der Waals surface area contributed by atoms with Crippen molar-refractivity contribution in [1.82, 2.24) is 0 Å². The Morgan fingerprint density at radius 3 is 1.20 bits per heavy atom. The van der Waals surface area contributed by atoms with Crippen molar-refractivity contribution in [2.45, 2.75) is 27.7 Å². The largest absolute Gasteiger partial charge is 0.175 e. The van der Waals surface area contributed by atoms with E-state index in [1.807, 2.05) is 0 Å². The lowest BCUT2D eigenvalue weighted by Gasteiger charge is -1.98. The molecule has 0 radical (unpaired) electrons. The molecule has 2 heterocycles. The van der Waals surface area contributed by atoms with Crippen LogP contribution in [0, 0.1) is 0 Å². The monoisotopic (exact) mass is 266 g/mol. The van der Waals surface area contributed by atoms with Crippen molar-refractivity contribution in [2.75, 3.05) is 0 Å². The molecule has 2 aromatic rings. The Balaban J connectivity index is 2.24. The summed E-state index contributed by atoms with van der Waals surface area (Å²) in [7, 11) is 0. The SMILES string of the molecule is CC(C)=C[n+]1ccc(-c2cc[n+](C=C(C)C)cc2)cc1. The summed E-state index contributed by atoms with van der Waals surface area (Å²) in [6, 6.07) is 8.56. The topological polar surface area (TPSA) is 7.76 Å². The number of hydrogen-bond acceptors (Lipinski definition) is 0. The number of rotatable bonds is 3. The molecule has 0 saturated carbocycles. The highest BCUT2D eigenvalue weighted by Crippen LogP contribution is 2.15. The smallest absolute Gasteiger partial charge is 0.174 e. The molecule has 0 unspecified atom stereocenters. The van der Waals surface area contributed by atoms with Gasteiger partial charge in [-0.3, -0.25) is 0 Å². The predicted molar refractivity (Wildman–Crippen MR) is 83.5 cm³/mol. The first kappa shape index (κ1) is 14.2. The summed E-state index contributed by atoms with van der Waals surface area (Å²) in [5.74, 6) is 0. The van der Waals surface area contributed by atoms with Gasteiger partial charge in [-0.05, 0) is 50.0 Å². The first-order valence-corrected chi connectivity index (χ1v) is 6.86. The zero-order valence-electron chi connectivity index (χ0n) is 12.7. The van der Waals surface area contributed by atoms with E-state index >= 15 is 0 Å². The number of aromatic nitrogens is 2. The third kappa shape index (κ3) is 3.89. The Morgan fingerprint density at radius 2 is 0.950 bits per heavy atom. The molecule has 0 amide bonds. The van der Waals surface area contributed by atoms with Crippen LogP contribution < -0.4 is 9.13 Å². The van der Waals surface area contributed by atoms with Gasteiger partial charge in [-0.25, -0.2) is 0 Å². The minimum absolute atomic E-state index is 1.23. The second-order valence-corrected chi connectivity index (χ2v) is 5.48. The molecule has 0 spiro atoms. The summed E-state index contributed by atoms with van der Waals surface area (Å²) < 4.78 is 4.15. The molecule has 0 saturated heterocycles. The van der Waals surface area contributed by atoms with Gasteiger partial charge in [0.2, 0.25) is 0 Å². The molecule has 0 aliphatic rings. The third-order valence-electron chi connectivity index (χ3n) is 2.85. The average Bonchev–Trinajstić information content (AvgIpc) is 2.39. The number of allylic oxidation sites excluding steroid dienone is 2. The van der Waals surface area contributed by atoms with E-state index in [-0.39, 0.29) is 0 Å². The number of hydrogen-bond donors (Lipinski definition) is 0. The quantitative estimate of drug-likeness (QED) is 0.749. The van der Waals surface area contributed by atoms with Crippen LogP contribution in [-0.4, -0.2) is 0 Å². The van der Waals surface area contributed by atoms with Crippen LogP contribution in [0.4, 0.5) is 0 Å². The summed E-state index contributed by atoms with van der Waals surface area (Å²) in [5, 5.41) is 0. The maximum absolute atomic E-state index is 2.14. The molecular formula is C18H22N2+2. The van der Waals surface area contributed by atoms with E-state index in [0.717, 1.165) is 0 Å². The zero-order chi connectivity index (χ0) is 14.5. The molecule has 0 N–H and O–H groups in total. The Morgan fingerprint density at radius 1 is 0.650 bits per heavy atom. The fourth-order valence-electron chi connectivity index (χ4n) is 2.03. The highest BCUT2D eigenvalue weighted by molar-refractivity contribution is 5.61. The maximum atomic E-state index is 2.14. The Bertz CT molecular complexity index is 565. The van der Waals surface area contributed by atoms with Crippen LogP contribution in [-0.2, 0) is 0 Å².